The molecule has 0 heterocycles. The third kappa shape index (κ3) is 5.47. The van der Waals surface area contributed by atoms with Gasteiger partial charge in [-0.15, -0.1) is 6.58 Å². The lowest BCUT2D eigenvalue weighted by atomic mass is 10.1. The first-order valence-corrected chi connectivity index (χ1v) is 7.08. The maximum atomic E-state index is 12.8. The van der Waals surface area contributed by atoms with Gasteiger partial charge in [0.1, 0.15) is 0 Å². The van der Waals surface area contributed by atoms with Gasteiger partial charge in [-0.2, -0.15) is 34.8 Å². The van der Waals surface area contributed by atoms with E-state index in [1.807, 2.05) is 0 Å². The standard InChI is InChI=1S/C7H10F6O3S.C3H7N/c1-2-3-4-5(8,9)6(10,11)7(12,13)17(14,15)16;1-2-3-4/h2-4H2,1H3,(H,14,15,16);2H,1,3-4H2. The fourth-order valence-corrected chi connectivity index (χ4v) is 1.40. The van der Waals surface area contributed by atoms with Crippen LogP contribution in [0.4, 0.5) is 26.3 Å². The highest BCUT2D eigenvalue weighted by Gasteiger charge is 2.76. The van der Waals surface area contributed by atoms with Crippen LogP contribution >= 0.6 is 0 Å². The average molecular weight is 345 g/mol. The lowest BCUT2D eigenvalue weighted by molar-refractivity contribution is -0.282. The number of hydrogen-bond donors (Lipinski definition) is 2. The molecule has 0 fully saturated rings. The van der Waals surface area contributed by atoms with Crippen LogP contribution in [-0.4, -0.2) is 36.6 Å². The van der Waals surface area contributed by atoms with Crippen molar-refractivity contribution in [3.63, 3.8) is 0 Å². The Morgan fingerprint density at radius 3 is 1.81 bits per heavy atom. The highest BCUT2D eigenvalue weighted by Crippen LogP contribution is 2.49. The molecule has 3 N–H and O–H groups in total. The molecule has 0 rings (SSSR count). The van der Waals surface area contributed by atoms with Crippen molar-refractivity contribution in [2.75, 3.05) is 6.54 Å². The molecule has 0 aromatic carbocycles. The Kier molecular flexibility index (Phi) is 8.55. The Morgan fingerprint density at radius 2 is 1.57 bits per heavy atom. The summed E-state index contributed by atoms with van der Waals surface area (Å²) in [4.78, 5) is 0. The first-order chi connectivity index (χ1) is 9.22. The Bertz CT molecular complexity index is 425. The van der Waals surface area contributed by atoms with E-state index in [0.717, 1.165) is 0 Å². The Hall–Kier alpha value is -0.810. The van der Waals surface area contributed by atoms with Crippen LogP contribution in [0.15, 0.2) is 12.7 Å². The smallest absolute Gasteiger partial charge is 0.327 e. The van der Waals surface area contributed by atoms with E-state index in [4.69, 9.17) is 10.3 Å². The number of halogens is 6. The summed E-state index contributed by atoms with van der Waals surface area (Å²) in [6.45, 7) is 5.29. The van der Waals surface area contributed by atoms with Crippen molar-refractivity contribution >= 4 is 10.1 Å². The van der Waals surface area contributed by atoms with Gasteiger partial charge in [-0.05, 0) is 6.42 Å². The van der Waals surface area contributed by atoms with Gasteiger partial charge < -0.3 is 5.73 Å². The van der Waals surface area contributed by atoms with Gasteiger partial charge in [0.2, 0.25) is 0 Å². The number of nitrogens with two attached hydrogens (primary N) is 1. The van der Waals surface area contributed by atoms with Crippen molar-refractivity contribution in [3.8, 4) is 0 Å². The Labute approximate surface area is 118 Å². The summed E-state index contributed by atoms with van der Waals surface area (Å²) >= 11 is 0. The van der Waals surface area contributed by atoms with E-state index >= 15 is 0 Å². The maximum absolute atomic E-state index is 12.8. The van der Waals surface area contributed by atoms with Crippen LogP contribution in [0.3, 0.4) is 0 Å². The largest absolute Gasteiger partial charge is 0.437 e. The van der Waals surface area contributed by atoms with Crippen molar-refractivity contribution in [3.05, 3.63) is 12.7 Å². The van der Waals surface area contributed by atoms with Crippen LogP contribution in [0, 0.1) is 0 Å². The minimum absolute atomic E-state index is 0.0309. The molecule has 0 aliphatic heterocycles. The molecule has 0 radical (unpaired) electrons. The quantitative estimate of drug-likeness (QED) is 0.422. The van der Waals surface area contributed by atoms with E-state index in [-0.39, 0.29) is 6.42 Å². The minimum atomic E-state index is -6.63. The Balaban J connectivity index is 0. The summed E-state index contributed by atoms with van der Waals surface area (Å²) in [5.41, 5.74) is 4.91. The summed E-state index contributed by atoms with van der Waals surface area (Å²) in [7, 11) is -6.63. The lowest BCUT2D eigenvalue weighted by Crippen LogP contribution is -2.57. The summed E-state index contributed by atoms with van der Waals surface area (Å²) in [5, 5.41) is -6.24. The predicted octanol–water partition coefficient (Wildman–Crippen LogP) is 3.06. The molecule has 0 aliphatic carbocycles. The number of hydrogen-bond acceptors (Lipinski definition) is 3. The lowest BCUT2D eigenvalue weighted by Gasteiger charge is -2.30. The predicted molar refractivity (Wildman–Crippen MR) is 65.2 cm³/mol. The van der Waals surface area contributed by atoms with Crippen molar-refractivity contribution in [1.82, 2.24) is 0 Å². The number of unbranched alkanes of at least 4 members (excludes halogenated alkanes) is 1. The van der Waals surface area contributed by atoms with Gasteiger partial charge in [-0.3, -0.25) is 4.55 Å². The van der Waals surface area contributed by atoms with Crippen molar-refractivity contribution in [2.45, 2.75) is 43.3 Å². The zero-order valence-corrected chi connectivity index (χ0v) is 11.9. The van der Waals surface area contributed by atoms with Crippen LogP contribution in [0.25, 0.3) is 0 Å². The molecular formula is C10H17F6NO3S. The first kappa shape index (κ1) is 22.5. The fourth-order valence-electron chi connectivity index (χ4n) is 0.931. The van der Waals surface area contributed by atoms with Gasteiger partial charge in [-0.25, -0.2) is 0 Å². The molecule has 0 amide bonds. The van der Waals surface area contributed by atoms with Crippen LogP contribution in [-0.2, 0) is 10.1 Å². The first-order valence-electron chi connectivity index (χ1n) is 5.64. The summed E-state index contributed by atoms with van der Waals surface area (Å²) in [6, 6.07) is 0. The maximum Gasteiger partial charge on any atom is 0.437 e. The zero-order valence-electron chi connectivity index (χ0n) is 11.1. The molecule has 0 saturated heterocycles. The SMILES string of the molecule is C=CCN.CCCCC(F)(F)C(F)(F)C(F)(F)S(=O)(=O)O. The van der Waals surface area contributed by atoms with Gasteiger partial charge in [0, 0.05) is 13.0 Å². The highest BCUT2D eigenvalue weighted by molar-refractivity contribution is 7.87. The third-order valence-electron chi connectivity index (χ3n) is 2.16. The van der Waals surface area contributed by atoms with E-state index in [0.29, 0.717) is 6.54 Å². The normalized spacial score (nSPS) is 13.4. The van der Waals surface area contributed by atoms with E-state index in [1.165, 1.54) is 6.92 Å². The van der Waals surface area contributed by atoms with Gasteiger partial charge >= 0.3 is 27.2 Å². The van der Waals surface area contributed by atoms with Crippen LogP contribution in [0.1, 0.15) is 26.2 Å². The molecule has 0 saturated carbocycles. The molecule has 0 aromatic heterocycles. The molecule has 0 spiro atoms. The summed E-state index contributed by atoms with van der Waals surface area (Å²) in [6.07, 6.45) is -0.422. The van der Waals surface area contributed by atoms with Gasteiger partial charge in [0.05, 0.1) is 0 Å². The van der Waals surface area contributed by atoms with E-state index < -0.39 is 40.1 Å². The summed E-state index contributed by atoms with van der Waals surface area (Å²) < 4.78 is 104. The molecule has 4 nitrogen and oxygen atoms in total. The molecule has 21 heavy (non-hydrogen) atoms. The minimum Gasteiger partial charge on any atom is -0.327 e. The molecule has 11 heteroatoms. The third-order valence-corrected chi connectivity index (χ3v) is 3.06. The molecule has 0 aliphatic rings. The second-order valence-corrected chi connectivity index (χ2v) is 5.36. The van der Waals surface area contributed by atoms with E-state index in [1.54, 1.807) is 6.08 Å². The van der Waals surface area contributed by atoms with E-state index in [2.05, 4.69) is 6.58 Å². The van der Waals surface area contributed by atoms with Crippen molar-refractivity contribution < 1.29 is 39.3 Å². The second-order valence-electron chi connectivity index (χ2n) is 3.90. The average Bonchev–Trinajstić information content (AvgIpc) is 2.34. The topological polar surface area (TPSA) is 80.4 Å². The molecule has 0 unspecified atom stereocenters. The van der Waals surface area contributed by atoms with Crippen LogP contribution < -0.4 is 5.73 Å². The molecule has 128 valence electrons. The Morgan fingerprint density at radius 1 is 1.19 bits per heavy atom. The van der Waals surface area contributed by atoms with Gasteiger partial charge in [0.15, 0.2) is 0 Å². The molecule has 0 aromatic rings. The van der Waals surface area contributed by atoms with Crippen LogP contribution in [0.2, 0.25) is 0 Å². The summed E-state index contributed by atoms with van der Waals surface area (Å²) in [5.74, 6) is -11.4. The van der Waals surface area contributed by atoms with Crippen molar-refractivity contribution in [1.29, 1.82) is 0 Å². The van der Waals surface area contributed by atoms with Crippen LogP contribution in [0.5, 0.6) is 0 Å². The van der Waals surface area contributed by atoms with Gasteiger partial charge in [-0.1, -0.05) is 19.4 Å². The molecular weight excluding hydrogens is 328 g/mol. The molecule has 0 atom stereocenters. The van der Waals surface area contributed by atoms with Gasteiger partial charge in [0.25, 0.3) is 0 Å². The number of alkyl halides is 6. The fraction of sp³-hybridized carbons (Fsp3) is 0.800. The second kappa shape index (κ2) is 7.99. The van der Waals surface area contributed by atoms with E-state index in [9.17, 15) is 34.8 Å². The molecule has 0 bridgehead atoms. The highest BCUT2D eigenvalue weighted by atomic mass is 32.2. The number of rotatable bonds is 7. The van der Waals surface area contributed by atoms with Crippen molar-refractivity contribution in [2.24, 2.45) is 5.73 Å². The monoisotopic (exact) mass is 345 g/mol. The zero-order chi connectivity index (χ0) is 17.5.